The van der Waals surface area contributed by atoms with Crippen molar-refractivity contribution in [3.8, 4) is 5.75 Å². The molecule has 8 nitrogen and oxygen atoms in total. The Morgan fingerprint density at radius 3 is 2.07 bits per heavy atom. The molecule has 0 spiro atoms. The highest BCUT2D eigenvalue weighted by Gasteiger charge is 2.36. The molecule has 4 rings (SSSR count). The van der Waals surface area contributed by atoms with E-state index >= 15 is 0 Å². The molecule has 0 atom stereocenters. The molecule has 1 N–H and O–H groups in total. The molecule has 0 unspecified atom stereocenters. The number of nitrogens with zero attached hydrogens (tertiary/aromatic N) is 2. The van der Waals surface area contributed by atoms with Crippen LogP contribution >= 0.6 is 0 Å². The van der Waals surface area contributed by atoms with E-state index in [1.807, 2.05) is 6.07 Å². The summed E-state index contributed by atoms with van der Waals surface area (Å²) in [6.45, 7) is 0.579. The van der Waals surface area contributed by atoms with Gasteiger partial charge in [-0.2, -0.15) is 0 Å². The molecule has 0 bridgehead atoms. The molecule has 2 aromatic rings. The van der Waals surface area contributed by atoms with Crippen molar-refractivity contribution in [2.24, 2.45) is 0 Å². The molecule has 0 aromatic heterocycles. The van der Waals surface area contributed by atoms with Crippen molar-refractivity contribution < 1.29 is 23.9 Å². The summed E-state index contributed by atoms with van der Waals surface area (Å²) in [6, 6.07) is 15.2. The van der Waals surface area contributed by atoms with E-state index in [1.165, 1.54) is 0 Å². The molecule has 2 aliphatic rings. The lowest BCUT2D eigenvalue weighted by molar-refractivity contribution is -0.122. The summed E-state index contributed by atoms with van der Waals surface area (Å²) in [5.41, 5.74) is 0.640. The van der Waals surface area contributed by atoms with E-state index in [0.29, 0.717) is 42.8 Å². The third kappa shape index (κ3) is 4.03. The number of imide groups is 1. The third-order valence-corrected chi connectivity index (χ3v) is 5.25. The molecule has 1 fully saturated rings. The molecule has 0 aliphatic carbocycles. The first kappa shape index (κ1) is 19.6. The average molecular weight is 407 g/mol. The quantitative estimate of drug-likeness (QED) is 0.783. The number of benzene rings is 2. The second-order valence-electron chi connectivity index (χ2n) is 7.25. The van der Waals surface area contributed by atoms with Crippen LogP contribution < -0.4 is 10.1 Å². The molecule has 8 heteroatoms. The Balaban J connectivity index is 1.25. The number of ether oxygens (including phenoxy) is 1. The van der Waals surface area contributed by atoms with Gasteiger partial charge in [0.15, 0.2) is 0 Å². The number of likely N-dealkylation sites (tertiary alicyclic amines) is 1. The predicted octanol–water partition coefficient (Wildman–Crippen LogP) is 2.06. The van der Waals surface area contributed by atoms with Crippen LogP contribution in [0.25, 0.3) is 0 Å². The van der Waals surface area contributed by atoms with Gasteiger partial charge in [-0.3, -0.25) is 19.3 Å². The van der Waals surface area contributed by atoms with Crippen LogP contribution in [0, 0.1) is 0 Å². The first-order valence-electron chi connectivity index (χ1n) is 9.79. The number of hydrogen-bond donors (Lipinski definition) is 1. The molecule has 0 radical (unpaired) electrons. The Morgan fingerprint density at radius 1 is 0.900 bits per heavy atom. The fourth-order valence-electron chi connectivity index (χ4n) is 3.66. The van der Waals surface area contributed by atoms with Gasteiger partial charge in [-0.1, -0.05) is 30.3 Å². The van der Waals surface area contributed by atoms with Gasteiger partial charge in [0.2, 0.25) is 5.91 Å². The first-order valence-corrected chi connectivity index (χ1v) is 9.79. The SMILES string of the molecule is O=C(CN1C(=O)c2ccccc2C1=O)NC1CCN(C(=O)Oc2ccccc2)CC1. The molecule has 1 saturated heterocycles. The van der Waals surface area contributed by atoms with Crippen LogP contribution in [0.1, 0.15) is 33.6 Å². The summed E-state index contributed by atoms with van der Waals surface area (Å²) in [4.78, 5) is 51.9. The molecule has 0 saturated carbocycles. The van der Waals surface area contributed by atoms with E-state index in [2.05, 4.69) is 5.32 Å². The number of nitrogens with one attached hydrogen (secondary N) is 1. The smallest absolute Gasteiger partial charge is 0.410 e. The van der Waals surface area contributed by atoms with Gasteiger partial charge in [-0.25, -0.2) is 4.79 Å². The molecule has 2 heterocycles. The number of para-hydroxylation sites is 1. The maximum atomic E-state index is 12.4. The van der Waals surface area contributed by atoms with E-state index in [9.17, 15) is 19.2 Å². The Hall–Kier alpha value is -3.68. The largest absolute Gasteiger partial charge is 0.415 e. The number of carbonyl (C=O) groups is 4. The topological polar surface area (TPSA) is 96.0 Å². The number of rotatable bonds is 4. The van der Waals surface area contributed by atoms with Crippen molar-refractivity contribution in [2.45, 2.75) is 18.9 Å². The van der Waals surface area contributed by atoms with Crippen LogP contribution in [-0.4, -0.2) is 59.3 Å². The lowest BCUT2D eigenvalue weighted by Gasteiger charge is -2.31. The van der Waals surface area contributed by atoms with Crippen molar-refractivity contribution in [1.29, 1.82) is 0 Å². The summed E-state index contributed by atoms with van der Waals surface area (Å²) in [5.74, 6) is -0.817. The van der Waals surface area contributed by atoms with Gasteiger partial charge in [-0.05, 0) is 37.1 Å². The minimum Gasteiger partial charge on any atom is -0.410 e. The molecule has 154 valence electrons. The number of piperidine rings is 1. The minimum absolute atomic E-state index is 0.131. The highest BCUT2D eigenvalue weighted by atomic mass is 16.6. The van der Waals surface area contributed by atoms with Crippen molar-refractivity contribution >= 4 is 23.8 Å². The zero-order valence-corrected chi connectivity index (χ0v) is 16.2. The summed E-state index contributed by atoms with van der Waals surface area (Å²) in [7, 11) is 0. The van der Waals surface area contributed by atoms with Crippen LogP contribution in [0.4, 0.5) is 4.79 Å². The monoisotopic (exact) mass is 407 g/mol. The number of fused-ring (bicyclic) bond motifs is 1. The highest BCUT2D eigenvalue weighted by molar-refractivity contribution is 6.22. The highest BCUT2D eigenvalue weighted by Crippen LogP contribution is 2.22. The van der Waals surface area contributed by atoms with Crippen LogP contribution in [-0.2, 0) is 4.79 Å². The Morgan fingerprint density at radius 2 is 1.47 bits per heavy atom. The maximum Gasteiger partial charge on any atom is 0.415 e. The summed E-state index contributed by atoms with van der Waals surface area (Å²) >= 11 is 0. The molecule has 4 amide bonds. The normalized spacial score (nSPS) is 16.4. The van der Waals surface area contributed by atoms with Gasteiger partial charge in [0.1, 0.15) is 12.3 Å². The van der Waals surface area contributed by atoms with Gasteiger partial charge >= 0.3 is 6.09 Å². The maximum absolute atomic E-state index is 12.4. The van der Waals surface area contributed by atoms with E-state index in [1.54, 1.807) is 53.4 Å². The van der Waals surface area contributed by atoms with Crippen LogP contribution in [0.3, 0.4) is 0 Å². The average Bonchev–Trinajstić information content (AvgIpc) is 3.00. The second-order valence-corrected chi connectivity index (χ2v) is 7.25. The van der Waals surface area contributed by atoms with Crippen molar-refractivity contribution in [1.82, 2.24) is 15.1 Å². The fraction of sp³-hybridized carbons (Fsp3) is 0.273. The van der Waals surface area contributed by atoms with E-state index in [0.717, 1.165) is 4.90 Å². The zero-order chi connectivity index (χ0) is 21.1. The van der Waals surface area contributed by atoms with Gasteiger partial charge < -0.3 is 15.0 Å². The lowest BCUT2D eigenvalue weighted by Crippen LogP contribution is -2.49. The molecular formula is C22H21N3O5. The first-order chi connectivity index (χ1) is 14.5. The predicted molar refractivity (Wildman–Crippen MR) is 107 cm³/mol. The van der Waals surface area contributed by atoms with Gasteiger partial charge in [0.25, 0.3) is 11.8 Å². The van der Waals surface area contributed by atoms with Gasteiger partial charge in [0, 0.05) is 19.1 Å². The lowest BCUT2D eigenvalue weighted by atomic mass is 10.1. The van der Waals surface area contributed by atoms with Crippen LogP contribution in [0.15, 0.2) is 54.6 Å². The van der Waals surface area contributed by atoms with Crippen LogP contribution in [0.5, 0.6) is 5.75 Å². The second kappa shape index (κ2) is 8.36. The summed E-state index contributed by atoms with van der Waals surface area (Å²) in [6.07, 6.45) is 0.715. The Bertz CT molecular complexity index is 948. The standard InChI is InChI=1S/C22H21N3O5/c26-19(14-25-20(27)17-8-4-5-9-18(17)21(25)28)23-15-10-12-24(13-11-15)22(29)30-16-6-2-1-3-7-16/h1-9,15H,10-14H2,(H,23,26). The van der Waals surface area contributed by atoms with Crippen molar-refractivity contribution in [3.63, 3.8) is 0 Å². The number of amides is 4. The van der Waals surface area contributed by atoms with Crippen LogP contribution in [0.2, 0.25) is 0 Å². The Kier molecular flexibility index (Phi) is 5.47. The molecule has 30 heavy (non-hydrogen) atoms. The third-order valence-electron chi connectivity index (χ3n) is 5.25. The van der Waals surface area contributed by atoms with Gasteiger partial charge in [-0.15, -0.1) is 0 Å². The van der Waals surface area contributed by atoms with Crippen molar-refractivity contribution in [2.75, 3.05) is 19.6 Å². The minimum atomic E-state index is -0.454. The molecule has 2 aromatic carbocycles. The Labute approximate surface area is 173 Å². The molecule has 2 aliphatic heterocycles. The van der Waals surface area contributed by atoms with E-state index in [-0.39, 0.29) is 12.6 Å². The van der Waals surface area contributed by atoms with E-state index < -0.39 is 23.8 Å². The summed E-state index contributed by atoms with van der Waals surface area (Å²) in [5, 5.41) is 2.86. The molecular weight excluding hydrogens is 386 g/mol. The van der Waals surface area contributed by atoms with Gasteiger partial charge in [0.05, 0.1) is 11.1 Å². The number of hydrogen-bond acceptors (Lipinski definition) is 5. The van der Waals surface area contributed by atoms with Crippen molar-refractivity contribution in [3.05, 3.63) is 65.7 Å². The fourth-order valence-corrected chi connectivity index (χ4v) is 3.66. The number of carbonyl (C=O) groups excluding carboxylic acids is 4. The summed E-state index contributed by atoms with van der Waals surface area (Å²) < 4.78 is 5.33. The zero-order valence-electron chi connectivity index (χ0n) is 16.2. The van der Waals surface area contributed by atoms with E-state index in [4.69, 9.17) is 4.74 Å².